The van der Waals surface area contributed by atoms with Gasteiger partial charge in [-0.1, -0.05) is 22.9 Å². The highest BCUT2D eigenvalue weighted by Crippen LogP contribution is 2.27. The summed E-state index contributed by atoms with van der Waals surface area (Å²) in [4.78, 5) is 11.8. The molecule has 0 radical (unpaired) electrons. The molecule has 1 aromatic heterocycles. The largest absolute Gasteiger partial charge is 0.484 e. The van der Waals surface area contributed by atoms with Gasteiger partial charge in [-0.25, -0.2) is 17.9 Å². The summed E-state index contributed by atoms with van der Waals surface area (Å²) < 4.78 is 31.3. The van der Waals surface area contributed by atoms with Gasteiger partial charge in [0, 0.05) is 10.7 Å². The first-order valence-electron chi connectivity index (χ1n) is 6.22. The van der Waals surface area contributed by atoms with Gasteiger partial charge in [0.25, 0.3) is 10.0 Å². The number of carbonyl (C=O) groups excluding carboxylic acids is 1. The van der Waals surface area contributed by atoms with Crippen molar-refractivity contribution in [2.45, 2.75) is 11.1 Å². The van der Waals surface area contributed by atoms with Crippen molar-refractivity contribution in [3.05, 3.63) is 41.4 Å². The van der Waals surface area contributed by atoms with Gasteiger partial charge in [-0.05, 0) is 43.3 Å². The van der Waals surface area contributed by atoms with E-state index in [1.54, 1.807) is 37.3 Å². The molecule has 2 N–H and O–H groups in total. The topological polar surface area (TPSA) is 84.5 Å². The highest BCUT2D eigenvalue weighted by molar-refractivity contribution is 7.92. The Balaban J connectivity index is 2.04. The van der Waals surface area contributed by atoms with E-state index in [2.05, 4.69) is 5.32 Å². The van der Waals surface area contributed by atoms with Crippen LogP contribution in [0.15, 0.2) is 40.6 Å². The summed E-state index contributed by atoms with van der Waals surface area (Å²) in [7, 11) is -3.93. The minimum absolute atomic E-state index is 0.00204. The number of sulfonamides is 1. The van der Waals surface area contributed by atoms with Crippen LogP contribution in [0, 0.1) is 0 Å². The lowest BCUT2D eigenvalue weighted by molar-refractivity contribution is 0.256. The van der Waals surface area contributed by atoms with E-state index < -0.39 is 16.1 Å². The number of hydrogen-bond acceptors (Lipinski definition) is 5. The van der Waals surface area contributed by atoms with Crippen molar-refractivity contribution < 1.29 is 17.9 Å². The monoisotopic (exact) mass is 360 g/mol. The maximum absolute atomic E-state index is 12.1. The second kappa shape index (κ2) is 6.99. The van der Waals surface area contributed by atoms with Gasteiger partial charge in [0.2, 0.25) is 0 Å². The predicted octanol–water partition coefficient (Wildman–Crippen LogP) is 3.31. The van der Waals surface area contributed by atoms with Crippen LogP contribution in [0.2, 0.25) is 5.02 Å². The van der Waals surface area contributed by atoms with Crippen molar-refractivity contribution in [1.82, 2.24) is 4.72 Å². The number of nitrogens with one attached hydrogen (secondary N) is 2. The first-order valence-corrected chi connectivity index (χ1v) is 8.90. The minimum atomic E-state index is -3.93. The molecule has 0 spiro atoms. The Morgan fingerprint density at radius 2 is 1.91 bits per heavy atom. The summed E-state index contributed by atoms with van der Waals surface area (Å²) >= 11 is 6.67. The van der Waals surface area contributed by atoms with Crippen molar-refractivity contribution in [3.8, 4) is 5.06 Å². The van der Waals surface area contributed by atoms with Crippen LogP contribution >= 0.6 is 22.9 Å². The summed E-state index contributed by atoms with van der Waals surface area (Å²) in [5.74, 6) is 0. The van der Waals surface area contributed by atoms with Crippen LogP contribution in [0.4, 0.5) is 10.5 Å². The Labute approximate surface area is 137 Å². The fourth-order valence-electron chi connectivity index (χ4n) is 1.53. The van der Waals surface area contributed by atoms with E-state index in [0.29, 0.717) is 22.4 Å². The van der Waals surface area contributed by atoms with Crippen molar-refractivity contribution >= 4 is 44.7 Å². The van der Waals surface area contributed by atoms with Crippen molar-refractivity contribution in [3.63, 3.8) is 0 Å². The van der Waals surface area contributed by atoms with Gasteiger partial charge in [-0.3, -0.25) is 0 Å². The Morgan fingerprint density at radius 1 is 1.23 bits per heavy atom. The zero-order valence-corrected chi connectivity index (χ0v) is 13.9. The van der Waals surface area contributed by atoms with E-state index in [1.165, 1.54) is 6.07 Å². The lowest BCUT2D eigenvalue weighted by atomic mass is 10.3. The van der Waals surface area contributed by atoms with Gasteiger partial charge in [0.1, 0.15) is 4.21 Å². The molecule has 0 atom stereocenters. The van der Waals surface area contributed by atoms with Gasteiger partial charge in [0.05, 0.1) is 6.61 Å². The van der Waals surface area contributed by atoms with Gasteiger partial charge < -0.3 is 10.1 Å². The number of urea groups is 1. The van der Waals surface area contributed by atoms with Crippen LogP contribution in [-0.2, 0) is 10.0 Å². The number of thiophene rings is 1. The lowest BCUT2D eigenvalue weighted by Gasteiger charge is -2.07. The minimum Gasteiger partial charge on any atom is -0.484 e. The molecular formula is C13H13ClN2O4S2. The quantitative estimate of drug-likeness (QED) is 0.856. The van der Waals surface area contributed by atoms with Crippen LogP contribution in [0.5, 0.6) is 5.06 Å². The number of anilines is 1. The fourth-order valence-corrected chi connectivity index (χ4v) is 3.76. The normalized spacial score (nSPS) is 11.0. The molecule has 1 heterocycles. The highest BCUT2D eigenvalue weighted by atomic mass is 35.5. The summed E-state index contributed by atoms with van der Waals surface area (Å²) in [6.07, 6.45) is 0. The van der Waals surface area contributed by atoms with Crippen molar-refractivity contribution in [1.29, 1.82) is 0 Å². The SMILES string of the molecule is CCOc1ccc(S(=O)(=O)NC(=O)Nc2ccc(Cl)cc2)s1. The Morgan fingerprint density at radius 3 is 2.55 bits per heavy atom. The number of amides is 2. The number of hydrogen-bond donors (Lipinski definition) is 2. The maximum atomic E-state index is 12.1. The fraction of sp³-hybridized carbons (Fsp3) is 0.154. The van der Waals surface area contributed by atoms with Crippen molar-refractivity contribution in [2.75, 3.05) is 11.9 Å². The van der Waals surface area contributed by atoms with E-state index in [4.69, 9.17) is 16.3 Å². The summed E-state index contributed by atoms with van der Waals surface area (Å²) in [5.41, 5.74) is 0.429. The zero-order chi connectivity index (χ0) is 16.2. The van der Waals surface area contributed by atoms with E-state index in [-0.39, 0.29) is 4.21 Å². The van der Waals surface area contributed by atoms with E-state index in [1.807, 2.05) is 4.72 Å². The zero-order valence-electron chi connectivity index (χ0n) is 11.5. The third-order valence-corrected chi connectivity index (χ3v) is 5.51. The van der Waals surface area contributed by atoms with Gasteiger partial charge in [0.15, 0.2) is 5.06 Å². The Kier molecular flexibility index (Phi) is 5.28. The van der Waals surface area contributed by atoms with Crippen LogP contribution in [0.1, 0.15) is 6.92 Å². The number of benzene rings is 1. The molecule has 6 nitrogen and oxygen atoms in total. The third kappa shape index (κ3) is 4.36. The third-order valence-electron chi connectivity index (χ3n) is 2.44. The summed E-state index contributed by atoms with van der Waals surface area (Å²) in [5, 5.41) is 3.40. The molecule has 0 aliphatic carbocycles. The van der Waals surface area contributed by atoms with E-state index >= 15 is 0 Å². The molecule has 0 unspecified atom stereocenters. The molecule has 2 rings (SSSR count). The number of carbonyl (C=O) groups is 1. The Bertz CT molecular complexity index is 757. The summed E-state index contributed by atoms with van der Waals surface area (Å²) in [6.45, 7) is 2.23. The molecule has 22 heavy (non-hydrogen) atoms. The molecule has 118 valence electrons. The lowest BCUT2D eigenvalue weighted by Crippen LogP contribution is -2.33. The van der Waals surface area contributed by atoms with Crippen LogP contribution in [-0.4, -0.2) is 21.1 Å². The van der Waals surface area contributed by atoms with Gasteiger partial charge in [-0.15, -0.1) is 0 Å². The van der Waals surface area contributed by atoms with E-state index in [0.717, 1.165) is 11.3 Å². The molecule has 0 aliphatic heterocycles. The maximum Gasteiger partial charge on any atom is 0.333 e. The molecule has 0 saturated heterocycles. The number of ether oxygens (including phenoxy) is 1. The molecule has 0 saturated carbocycles. The Hall–Kier alpha value is -1.77. The summed E-state index contributed by atoms with van der Waals surface area (Å²) in [6, 6.07) is 8.36. The molecule has 2 aromatic rings. The van der Waals surface area contributed by atoms with Crippen LogP contribution in [0.25, 0.3) is 0 Å². The standard InChI is InChI=1S/C13H13ClN2O4S2/c1-2-20-11-7-8-12(21-11)22(18,19)16-13(17)15-10-5-3-9(14)4-6-10/h3-8H,2H2,1H3,(H2,15,16,17). The second-order valence-electron chi connectivity index (χ2n) is 4.07. The average molecular weight is 361 g/mol. The molecule has 0 bridgehead atoms. The van der Waals surface area contributed by atoms with Crippen LogP contribution < -0.4 is 14.8 Å². The predicted molar refractivity (Wildman–Crippen MR) is 86.3 cm³/mol. The average Bonchev–Trinajstić information content (AvgIpc) is 2.91. The smallest absolute Gasteiger partial charge is 0.333 e. The molecule has 1 aromatic carbocycles. The first-order chi connectivity index (χ1) is 10.4. The highest BCUT2D eigenvalue weighted by Gasteiger charge is 2.20. The molecule has 9 heteroatoms. The second-order valence-corrected chi connectivity index (χ2v) is 7.46. The molecule has 0 aliphatic rings. The van der Waals surface area contributed by atoms with Gasteiger partial charge >= 0.3 is 6.03 Å². The van der Waals surface area contributed by atoms with E-state index in [9.17, 15) is 13.2 Å². The number of rotatable bonds is 5. The first kappa shape index (κ1) is 16.6. The molecular weight excluding hydrogens is 348 g/mol. The molecule has 0 fully saturated rings. The van der Waals surface area contributed by atoms with Gasteiger partial charge in [-0.2, -0.15) is 0 Å². The van der Waals surface area contributed by atoms with Crippen LogP contribution in [0.3, 0.4) is 0 Å². The molecule has 2 amide bonds. The van der Waals surface area contributed by atoms with Crippen molar-refractivity contribution in [2.24, 2.45) is 0 Å². The number of halogens is 1.